The number of aliphatic hydroxyl groups is 1. The van der Waals surface area contributed by atoms with Gasteiger partial charge in [0.05, 0.1) is 36.5 Å². The maximum Gasteiger partial charge on any atom is 0.261 e. The number of carbonyl (C=O) groups excluding carboxylic acids is 2. The molecule has 2 aliphatic rings. The highest BCUT2D eigenvalue weighted by atomic mass is 16.7. The lowest BCUT2D eigenvalue weighted by Crippen LogP contribution is -2.38. The Morgan fingerprint density at radius 1 is 0.837 bits per heavy atom. The third-order valence-electron chi connectivity index (χ3n) is 8.08. The molecule has 3 heterocycles. The van der Waals surface area contributed by atoms with Crippen LogP contribution in [0, 0.1) is 0 Å². The molecule has 3 atom stereocenters. The van der Waals surface area contributed by atoms with Gasteiger partial charge in [0.1, 0.15) is 0 Å². The maximum absolute atomic E-state index is 12.8. The highest BCUT2D eigenvalue weighted by Crippen LogP contribution is 2.38. The Hall–Kier alpha value is -4.21. The van der Waals surface area contributed by atoms with Gasteiger partial charge in [-0.2, -0.15) is 0 Å². The molecule has 0 spiro atoms. The molecular formula is C35H35N3O5. The summed E-state index contributed by atoms with van der Waals surface area (Å²) in [4.78, 5) is 33.7. The van der Waals surface area contributed by atoms with Gasteiger partial charge < -0.3 is 19.5 Å². The van der Waals surface area contributed by atoms with E-state index >= 15 is 0 Å². The summed E-state index contributed by atoms with van der Waals surface area (Å²) in [5, 5.41) is 9.49. The molecule has 220 valence electrons. The molecule has 0 saturated carbocycles. The number of pyridine rings is 1. The number of benzene rings is 3. The monoisotopic (exact) mass is 577 g/mol. The Balaban J connectivity index is 1.15. The highest BCUT2D eigenvalue weighted by Gasteiger charge is 2.35. The van der Waals surface area contributed by atoms with Crippen LogP contribution in [0.2, 0.25) is 0 Å². The van der Waals surface area contributed by atoms with E-state index in [1.807, 2.05) is 72.9 Å². The van der Waals surface area contributed by atoms with E-state index in [2.05, 4.69) is 16.9 Å². The van der Waals surface area contributed by atoms with E-state index in [0.29, 0.717) is 17.5 Å². The van der Waals surface area contributed by atoms with Gasteiger partial charge in [-0.25, -0.2) is 0 Å². The lowest BCUT2D eigenvalue weighted by atomic mass is 9.99. The van der Waals surface area contributed by atoms with Crippen molar-refractivity contribution in [1.82, 2.24) is 14.8 Å². The predicted molar refractivity (Wildman–Crippen MR) is 161 cm³/mol. The van der Waals surface area contributed by atoms with Crippen molar-refractivity contribution in [2.45, 2.75) is 44.5 Å². The molecule has 2 aliphatic heterocycles. The minimum atomic E-state index is -0.584. The fraction of sp³-hybridized carbons (Fsp3) is 0.286. The van der Waals surface area contributed by atoms with Crippen molar-refractivity contribution in [3.05, 3.63) is 136 Å². The van der Waals surface area contributed by atoms with E-state index in [1.165, 1.54) is 4.90 Å². The van der Waals surface area contributed by atoms with Crippen molar-refractivity contribution in [3.63, 3.8) is 0 Å². The third-order valence-corrected chi connectivity index (χ3v) is 8.08. The minimum absolute atomic E-state index is 0.00566. The number of imide groups is 1. The van der Waals surface area contributed by atoms with Crippen molar-refractivity contribution in [3.8, 4) is 0 Å². The summed E-state index contributed by atoms with van der Waals surface area (Å²) < 4.78 is 13.0. The number of carbonyl (C=O) groups is 2. The Bertz CT molecular complexity index is 1520. The van der Waals surface area contributed by atoms with E-state index < -0.39 is 6.29 Å². The Kier molecular flexibility index (Phi) is 8.72. The Morgan fingerprint density at radius 2 is 1.49 bits per heavy atom. The molecule has 1 saturated heterocycles. The first kappa shape index (κ1) is 28.9. The molecular weight excluding hydrogens is 542 g/mol. The van der Waals surface area contributed by atoms with Crippen LogP contribution in [0.3, 0.4) is 0 Å². The van der Waals surface area contributed by atoms with Gasteiger partial charge in [0.2, 0.25) is 0 Å². The zero-order valence-electron chi connectivity index (χ0n) is 24.1. The second kappa shape index (κ2) is 13.0. The van der Waals surface area contributed by atoms with E-state index in [-0.39, 0.29) is 37.2 Å². The Labute approximate surface area is 251 Å². The van der Waals surface area contributed by atoms with Gasteiger partial charge in [0, 0.05) is 43.4 Å². The largest absolute Gasteiger partial charge is 0.392 e. The van der Waals surface area contributed by atoms with Gasteiger partial charge in [0.25, 0.3) is 11.8 Å². The summed E-state index contributed by atoms with van der Waals surface area (Å²) in [5.41, 5.74) is 5.55. The van der Waals surface area contributed by atoms with Gasteiger partial charge in [0.15, 0.2) is 6.29 Å². The molecule has 1 aromatic heterocycles. The summed E-state index contributed by atoms with van der Waals surface area (Å²) in [5.74, 6) is -0.539. The summed E-state index contributed by atoms with van der Waals surface area (Å²) in [6, 6.07) is 28.5. The zero-order valence-corrected chi connectivity index (χ0v) is 24.1. The van der Waals surface area contributed by atoms with Crippen LogP contribution in [0.15, 0.2) is 97.2 Å². The number of nitrogens with zero attached hydrogens (tertiary/aromatic N) is 3. The minimum Gasteiger partial charge on any atom is -0.392 e. The van der Waals surface area contributed by atoms with Crippen LogP contribution in [0.1, 0.15) is 67.5 Å². The molecule has 0 bridgehead atoms. The van der Waals surface area contributed by atoms with Crippen molar-refractivity contribution >= 4 is 11.8 Å². The number of ether oxygens (including phenoxy) is 2. The number of hydrogen-bond acceptors (Lipinski definition) is 7. The first-order valence-corrected chi connectivity index (χ1v) is 14.6. The van der Waals surface area contributed by atoms with Crippen molar-refractivity contribution in [2.75, 3.05) is 20.1 Å². The number of aromatic nitrogens is 1. The topological polar surface area (TPSA) is 92.2 Å². The number of amides is 2. The van der Waals surface area contributed by atoms with Gasteiger partial charge in [-0.05, 0) is 48.0 Å². The van der Waals surface area contributed by atoms with Crippen LogP contribution in [0.25, 0.3) is 0 Å². The summed E-state index contributed by atoms with van der Waals surface area (Å²) in [6.07, 6.45) is 2.52. The van der Waals surface area contributed by atoms with Crippen molar-refractivity contribution in [2.24, 2.45) is 0 Å². The molecule has 8 nitrogen and oxygen atoms in total. The smallest absolute Gasteiger partial charge is 0.261 e. The lowest BCUT2D eigenvalue weighted by molar-refractivity contribution is -0.252. The van der Waals surface area contributed by atoms with E-state index in [0.717, 1.165) is 47.5 Å². The second-order valence-corrected chi connectivity index (χ2v) is 11.2. The quantitative estimate of drug-likeness (QED) is 0.263. The maximum atomic E-state index is 12.8. The van der Waals surface area contributed by atoms with Crippen LogP contribution < -0.4 is 0 Å². The average Bonchev–Trinajstić information content (AvgIpc) is 3.29. The van der Waals surface area contributed by atoms with Gasteiger partial charge in [-0.3, -0.25) is 19.5 Å². The molecule has 3 aromatic carbocycles. The number of likely N-dealkylation sites (N-methyl/N-ethyl adjacent to an activating group) is 1. The van der Waals surface area contributed by atoms with Crippen LogP contribution in [0.5, 0.6) is 0 Å². The van der Waals surface area contributed by atoms with E-state index in [4.69, 9.17) is 9.47 Å². The summed E-state index contributed by atoms with van der Waals surface area (Å²) in [6.45, 7) is 1.78. The SMILES string of the molecule is CN(CCc1ccccn1)C[C@@H]1C[C@H](c2ccc(CO)cc2)O[C@H](c2ccc(CN3C(=O)c4ccccc4C3=O)cc2)O1. The summed E-state index contributed by atoms with van der Waals surface area (Å²) in [7, 11) is 2.09. The van der Waals surface area contributed by atoms with Crippen LogP contribution >= 0.6 is 0 Å². The molecule has 4 aromatic rings. The molecule has 6 rings (SSSR count). The van der Waals surface area contributed by atoms with Gasteiger partial charge in [-0.15, -0.1) is 0 Å². The summed E-state index contributed by atoms with van der Waals surface area (Å²) >= 11 is 0. The molecule has 0 unspecified atom stereocenters. The fourth-order valence-corrected chi connectivity index (χ4v) is 5.67. The molecule has 1 N–H and O–H groups in total. The first-order valence-electron chi connectivity index (χ1n) is 14.6. The van der Waals surface area contributed by atoms with Crippen molar-refractivity contribution < 1.29 is 24.2 Å². The molecule has 0 aliphatic carbocycles. The number of aliphatic hydroxyl groups excluding tert-OH is 1. The Morgan fingerprint density at radius 3 is 2.14 bits per heavy atom. The van der Waals surface area contributed by atoms with Gasteiger partial charge >= 0.3 is 0 Å². The van der Waals surface area contributed by atoms with Crippen LogP contribution in [0.4, 0.5) is 0 Å². The third kappa shape index (κ3) is 6.58. The second-order valence-electron chi connectivity index (χ2n) is 11.2. The molecule has 0 radical (unpaired) electrons. The predicted octanol–water partition coefficient (Wildman–Crippen LogP) is 5.09. The normalized spacial score (nSPS) is 20.1. The lowest BCUT2D eigenvalue weighted by Gasteiger charge is -2.38. The standard InChI is InChI=1S/C35H35N3O5/c1-37(19-17-28-6-4-5-18-36-28)22-29-20-32(26-13-11-25(23-39)12-14-26)43-35(42-29)27-15-9-24(10-16-27)21-38-33(40)30-7-2-3-8-31(30)34(38)41/h2-16,18,29,32,35,39H,17,19-23H2,1H3/t29-,32+,35+/m0/s1. The van der Waals surface area contributed by atoms with E-state index in [9.17, 15) is 14.7 Å². The number of rotatable bonds is 10. The van der Waals surface area contributed by atoms with Crippen LogP contribution in [-0.2, 0) is 29.0 Å². The van der Waals surface area contributed by atoms with Crippen LogP contribution in [-0.4, -0.2) is 57.9 Å². The molecule has 8 heteroatoms. The first-order chi connectivity index (χ1) is 21.0. The molecule has 1 fully saturated rings. The zero-order chi connectivity index (χ0) is 29.8. The molecule has 43 heavy (non-hydrogen) atoms. The molecule has 2 amide bonds. The van der Waals surface area contributed by atoms with Crippen molar-refractivity contribution in [1.29, 1.82) is 0 Å². The highest BCUT2D eigenvalue weighted by molar-refractivity contribution is 6.21. The van der Waals surface area contributed by atoms with Gasteiger partial charge in [-0.1, -0.05) is 66.7 Å². The number of fused-ring (bicyclic) bond motifs is 1. The fourth-order valence-electron chi connectivity index (χ4n) is 5.67. The average molecular weight is 578 g/mol. The van der Waals surface area contributed by atoms with E-state index in [1.54, 1.807) is 24.3 Å². The number of hydrogen-bond donors (Lipinski definition) is 1.